The standard InChI is InChI=1S/C23H30N4O3S/c1-17(2)24-21(28)16-26-10-12-27(13-11-26)23(30)19(15-18-7-4-3-5-8-18)25-22(29)20-9-6-14-31-20/h3-9,14,17,19H,10-13,15-16H2,1-2H3,(H,24,28)(H,25,29). The molecular formula is C23H30N4O3S. The van der Waals surface area contributed by atoms with Crippen LogP contribution in [0.1, 0.15) is 29.1 Å². The summed E-state index contributed by atoms with van der Waals surface area (Å²) in [5.74, 6) is -0.312. The fourth-order valence-corrected chi connectivity index (χ4v) is 4.23. The van der Waals surface area contributed by atoms with Crippen LogP contribution in [-0.2, 0) is 16.0 Å². The molecule has 1 atom stereocenters. The van der Waals surface area contributed by atoms with Gasteiger partial charge in [0, 0.05) is 38.6 Å². The number of benzene rings is 1. The molecule has 0 spiro atoms. The van der Waals surface area contributed by atoms with Crippen LogP contribution in [0.25, 0.3) is 0 Å². The third-order valence-electron chi connectivity index (χ3n) is 5.13. The zero-order chi connectivity index (χ0) is 22.2. The van der Waals surface area contributed by atoms with Crippen LogP contribution in [0.4, 0.5) is 0 Å². The van der Waals surface area contributed by atoms with Crippen molar-refractivity contribution < 1.29 is 14.4 Å². The summed E-state index contributed by atoms with van der Waals surface area (Å²) in [6.07, 6.45) is 0.438. The lowest BCUT2D eigenvalue weighted by Crippen LogP contribution is -2.56. The number of piperazine rings is 1. The number of rotatable bonds is 8. The molecule has 0 aliphatic carbocycles. The van der Waals surface area contributed by atoms with Crippen LogP contribution in [-0.4, -0.2) is 72.3 Å². The minimum atomic E-state index is -0.632. The van der Waals surface area contributed by atoms with E-state index in [-0.39, 0.29) is 23.8 Å². The Hall–Kier alpha value is -2.71. The third kappa shape index (κ3) is 6.90. The predicted octanol–water partition coefficient (Wildman–Crippen LogP) is 1.76. The van der Waals surface area contributed by atoms with Gasteiger partial charge in [-0.1, -0.05) is 36.4 Å². The summed E-state index contributed by atoms with van der Waals surface area (Å²) < 4.78 is 0. The largest absolute Gasteiger partial charge is 0.353 e. The van der Waals surface area contributed by atoms with Crippen LogP contribution in [0, 0.1) is 0 Å². The number of thiophene rings is 1. The van der Waals surface area contributed by atoms with Crippen LogP contribution in [0.3, 0.4) is 0 Å². The molecule has 1 aliphatic heterocycles. The highest BCUT2D eigenvalue weighted by atomic mass is 32.1. The van der Waals surface area contributed by atoms with Gasteiger partial charge in [0.15, 0.2) is 0 Å². The molecule has 3 rings (SSSR count). The average molecular weight is 443 g/mol. The molecule has 1 unspecified atom stereocenters. The van der Waals surface area contributed by atoms with Crippen LogP contribution in [0.5, 0.6) is 0 Å². The highest BCUT2D eigenvalue weighted by Crippen LogP contribution is 2.12. The quantitative estimate of drug-likeness (QED) is 0.653. The van der Waals surface area contributed by atoms with Gasteiger partial charge in [0.1, 0.15) is 6.04 Å². The van der Waals surface area contributed by atoms with E-state index in [1.54, 1.807) is 11.0 Å². The second-order valence-electron chi connectivity index (χ2n) is 8.02. The van der Waals surface area contributed by atoms with Crippen LogP contribution < -0.4 is 10.6 Å². The maximum Gasteiger partial charge on any atom is 0.262 e. The minimum absolute atomic E-state index is 0.0000538. The Labute approximate surface area is 187 Å². The summed E-state index contributed by atoms with van der Waals surface area (Å²) in [6.45, 7) is 6.55. The van der Waals surface area contributed by atoms with Crippen molar-refractivity contribution in [3.05, 3.63) is 58.3 Å². The van der Waals surface area contributed by atoms with Gasteiger partial charge in [-0.05, 0) is 30.9 Å². The second kappa shape index (κ2) is 11.1. The Kier molecular flexibility index (Phi) is 8.20. The lowest BCUT2D eigenvalue weighted by atomic mass is 10.0. The number of carbonyl (C=O) groups is 3. The van der Waals surface area contributed by atoms with Crippen molar-refractivity contribution in [2.75, 3.05) is 32.7 Å². The van der Waals surface area contributed by atoms with Gasteiger partial charge in [-0.3, -0.25) is 19.3 Å². The molecular weight excluding hydrogens is 412 g/mol. The Balaban J connectivity index is 1.61. The zero-order valence-corrected chi connectivity index (χ0v) is 18.9. The maximum atomic E-state index is 13.3. The van der Waals surface area contributed by atoms with Crippen molar-refractivity contribution in [2.24, 2.45) is 0 Å². The monoisotopic (exact) mass is 442 g/mol. The SMILES string of the molecule is CC(C)NC(=O)CN1CCN(C(=O)C(Cc2ccccc2)NC(=O)c2cccs2)CC1. The molecule has 2 N–H and O–H groups in total. The summed E-state index contributed by atoms with van der Waals surface area (Å²) in [5.41, 5.74) is 0.997. The topological polar surface area (TPSA) is 81.8 Å². The molecule has 0 radical (unpaired) electrons. The molecule has 8 heteroatoms. The van der Waals surface area contributed by atoms with E-state index in [9.17, 15) is 14.4 Å². The van der Waals surface area contributed by atoms with E-state index in [4.69, 9.17) is 0 Å². The van der Waals surface area contributed by atoms with E-state index >= 15 is 0 Å². The Morgan fingerprint density at radius 3 is 2.29 bits per heavy atom. The van der Waals surface area contributed by atoms with E-state index < -0.39 is 6.04 Å². The van der Waals surface area contributed by atoms with Gasteiger partial charge < -0.3 is 15.5 Å². The summed E-state index contributed by atoms with van der Waals surface area (Å²) in [5, 5.41) is 7.67. The van der Waals surface area contributed by atoms with E-state index in [1.165, 1.54) is 11.3 Å². The molecule has 1 fully saturated rings. The maximum absolute atomic E-state index is 13.3. The fraction of sp³-hybridized carbons (Fsp3) is 0.435. The van der Waals surface area contributed by atoms with Gasteiger partial charge >= 0.3 is 0 Å². The van der Waals surface area contributed by atoms with E-state index in [2.05, 4.69) is 15.5 Å². The first-order valence-corrected chi connectivity index (χ1v) is 11.5. The van der Waals surface area contributed by atoms with Crippen LogP contribution in [0.2, 0.25) is 0 Å². The molecule has 1 aliphatic rings. The van der Waals surface area contributed by atoms with Gasteiger partial charge in [0.2, 0.25) is 11.8 Å². The molecule has 3 amide bonds. The van der Waals surface area contributed by atoms with Gasteiger partial charge in [-0.2, -0.15) is 0 Å². The lowest BCUT2D eigenvalue weighted by Gasteiger charge is -2.36. The van der Waals surface area contributed by atoms with Gasteiger partial charge in [-0.15, -0.1) is 11.3 Å². The first-order chi connectivity index (χ1) is 14.9. The van der Waals surface area contributed by atoms with Crippen molar-refractivity contribution in [3.8, 4) is 0 Å². The minimum Gasteiger partial charge on any atom is -0.353 e. The van der Waals surface area contributed by atoms with Crippen molar-refractivity contribution in [1.29, 1.82) is 0 Å². The molecule has 166 valence electrons. The van der Waals surface area contributed by atoms with Gasteiger partial charge in [0.25, 0.3) is 5.91 Å². The third-order valence-corrected chi connectivity index (χ3v) is 6.00. The summed E-state index contributed by atoms with van der Waals surface area (Å²) in [4.78, 5) is 42.4. The average Bonchev–Trinajstić information content (AvgIpc) is 3.28. The van der Waals surface area contributed by atoms with Gasteiger partial charge in [-0.25, -0.2) is 0 Å². The van der Waals surface area contributed by atoms with E-state index in [0.29, 0.717) is 44.0 Å². The lowest BCUT2D eigenvalue weighted by molar-refractivity contribution is -0.135. The fourth-order valence-electron chi connectivity index (χ4n) is 3.60. The first-order valence-electron chi connectivity index (χ1n) is 10.6. The van der Waals surface area contributed by atoms with Crippen LogP contribution in [0.15, 0.2) is 47.8 Å². The molecule has 2 heterocycles. The number of nitrogens with one attached hydrogen (secondary N) is 2. The highest BCUT2D eigenvalue weighted by molar-refractivity contribution is 7.12. The number of hydrogen-bond acceptors (Lipinski definition) is 5. The Bertz CT molecular complexity index is 862. The predicted molar refractivity (Wildman–Crippen MR) is 122 cm³/mol. The number of amides is 3. The molecule has 1 aromatic heterocycles. The molecule has 2 aromatic rings. The summed E-state index contributed by atoms with van der Waals surface area (Å²) >= 11 is 1.36. The summed E-state index contributed by atoms with van der Waals surface area (Å²) in [6, 6.07) is 12.8. The zero-order valence-electron chi connectivity index (χ0n) is 18.0. The molecule has 0 saturated carbocycles. The molecule has 0 bridgehead atoms. The summed E-state index contributed by atoms with van der Waals surface area (Å²) in [7, 11) is 0. The Morgan fingerprint density at radius 1 is 0.968 bits per heavy atom. The van der Waals surface area contributed by atoms with Crippen molar-refractivity contribution in [2.45, 2.75) is 32.4 Å². The van der Waals surface area contributed by atoms with Crippen molar-refractivity contribution in [3.63, 3.8) is 0 Å². The van der Waals surface area contributed by atoms with Crippen molar-refractivity contribution >= 4 is 29.1 Å². The molecule has 7 nitrogen and oxygen atoms in total. The van der Waals surface area contributed by atoms with Gasteiger partial charge in [0.05, 0.1) is 11.4 Å². The first kappa shape index (κ1) is 23.0. The van der Waals surface area contributed by atoms with E-state index in [0.717, 1.165) is 5.56 Å². The normalized spacial score (nSPS) is 15.5. The van der Waals surface area contributed by atoms with Crippen molar-refractivity contribution in [1.82, 2.24) is 20.4 Å². The molecule has 31 heavy (non-hydrogen) atoms. The highest BCUT2D eigenvalue weighted by Gasteiger charge is 2.29. The molecule has 1 aromatic carbocycles. The smallest absolute Gasteiger partial charge is 0.262 e. The van der Waals surface area contributed by atoms with E-state index in [1.807, 2.05) is 55.6 Å². The molecule has 1 saturated heterocycles. The second-order valence-corrected chi connectivity index (χ2v) is 8.96. The Morgan fingerprint density at radius 2 is 1.68 bits per heavy atom. The number of nitrogens with zero attached hydrogens (tertiary/aromatic N) is 2. The van der Waals surface area contributed by atoms with Crippen LogP contribution >= 0.6 is 11.3 Å². The number of carbonyl (C=O) groups excluding carboxylic acids is 3. The number of hydrogen-bond donors (Lipinski definition) is 2.